The zero-order valence-electron chi connectivity index (χ0n) is 29.4. The minimum absolute atomic E-state index is 0.943. The Bertz CT molecular complexity index is 439. The summed E-state index contributed by atoms with van der Waals surface area (Å²) in [7, 11) is 0. The predicted molar refractivity (Wildman–Crippen MR) is 187 cm³/mol. The van der Waals surface area contributed by atoms with Gasteiger partial charge in [-0.2, -0.15) is 0 Å². The maximum absolute atomic E-state index is 2.52. The molecule has 0 aliphatic heterocycles. The first-order valence-electron chi connectivity index (χ1n) is 19.6. The second-order valence-corrected chi connectivity index (χ2v) is 14.5. The maximum Gasteiger partial charge on any atom is -0.0443 e. The molecule has 0 aliphatic carbocycles. The van der Waals surface area contributed by atoms with E-state index in [1.54, 1.807) is 0 Å². The molecule has 0 aromatic heterocycles. The van der Waals surface area contributed by atoms with E-state index in [2.05, 4.69) is 34.6 Å². The largest absolute Gasteiger partial charge is 0.0654 e. The lowest BCUT2D eigenvalue weighted by Gasteiger charge is -2.16. The maximum atomic E-state index is 2.52. The average molecular weight is 563 g/mol. The number of hydrogen-bond donors (Lipinski definition) is 0. The summed E-state index contributed by atoms with van der Waals surface area (Å²) in [4.78, 5) is 0. The molecule has 3 atom stereocenters. The predicted octanol–water partition coefficient (Wildman–Crippen LogP) is 15.4. The zero-order valence-corrected chi connectivity index (χ0v) is 29.4. The third kappa shape index (κ3) is 32.5. The van der Waals surface area contributed by atoms with E-state index in [1.165, 1.54) is 205 Å². The van der Waals surface area contributed by atoms with Gasteiger partial charge >= 0.3 is 0 Å². The zero-order chi connectivity index (χ0) is 29.4. The molecule has 0 N–H and O–H groups in total. The van der Waals surface area contributed by atoms with Crippen molar-refractivity contribution < 1.29 is 0 Å². The molecule has 0 heteroatoms. The summed E-state index contributed by atoms with van der Waals surface area (Å²) >= 11 is 0. The Hall–Kier alpha value is 0. The molecule has 0 saturated heterocycles. The van der Waals surface area contributed by atoms with Gasteiger partial charge in [-0.1, -0.05) is 240 Å². The van der Waals surface area contributed by atoms with Crippen molar-refractivity contribution >= 4 is 0 Å². The Kier molecular flexibility index (Phi) is 33.5. The summed E-state index contributed by atoms with van der Waals surface area (Å²) < 4.78 is 0. The van der Waals surface area contributed by atoms with Crippen LogP contribution in [0.1, 0.15) is 240 Å². The van der Waals surface area contributed by atoms with Crippen LogP contribution in [0.2, 0.25) is 0 Å². The van der Waals surface area contributed by atoms with Crippen molar-refractivity contribution in [3.05, 3.63) is 0 Å². The van der Waals surface area contributed by atoms with Crippen molar-refractivity contribution in [1.29, 1.82) is 0 Å². The van der Waals surface area contributed by atoms with Gasteiger partial charge in [-0.3, -0.25) is 0 Å². The Morgan fingerprint density at radius 1 is 0.225 bits per heavy atom. The van der Waals surface area contributed by atoms with Crippen molar-refractivity contribution in [2.45, 2.75) is 240 Å². The van der Waals surface area contributed by atoms with Crippen LogP contribution in [0.3, 0.4) is 0 Å². The summed E-state index contributed by atoms with van der Waals surface area (Å²) in [6.07, 6.45) is 47.0. The summed E-state index contributed by atoms with van der Waals surface area (Å²) in [6.45, 7) is 12.2. The molecule has 0 saturated carbocycles. The fraction of sp³-hybridized carbons (Fsp3) is 1.00. The highest BCUT2D eigenvalue weighted by molar-refractivity contribution is 4.61. The molecule has 0 nitrogen and oxygen atoms in total. The van der Waals surface area contributed by atoms with Crippen LogP contribution in [0.15, 0.2) is 0 Å². The van der Waals surface area contributed by atoms with Gasteiger partial charge in [0.25, 0.3) is 0 Å². The lowest BCUT2D eigenvalue weighted by atomic mass is 9.90. The second-order valence-electron chi connectivity index (χ2n) is 14.5. The van der Waals surface area contributed by atoms with Gasteiger partial charge in [-0.25, -0.2) is 0 Å². The topological polar surface area (TPSA) is 0 Å². The Balaban J connectivity index is 3.35. The van der Waals surface area contributed by atoms with Crippen LogP contribution in [0, 0.1) is 17.8 Å². The lowest BCUT2D eigenvalue weighted by Crippen LogP contribution is -2.01. The first-order chi connectivity index (χ1) is 19.6. The first-order valence-corrected chi connectivity index (χ1v) is 19.6. The minimum atomic E-state index is 0.943. The van der Waals surface area contributed by atoms with E-state index in [4.69, 9.17) is 0 Å². The fourth-order valence-electron chi connectivity index (χ4n) is 6.73. The van der Waals surface area contributed by atoms with E-state index in [0.29, 0.717) is 0 Å². The van der Waals surface area contributed by atoms with Crippen molar-refractivity contribution in [2.75, 3.05) is 0 Å². The van der Waals surface area contributed by atoms with Gasteiger partial charge in [0, 0.05) is 0 Å². The smallest absolute Gasteiger partial charge is 0.0443 e. The first kappa shape index (κ1) is 40.0. The summed E-state index contributed by atoms with van der Waals surface area (Å²) in [5, 5.41) is 0. The molecule has 0 aliphatic rings. The molecule has 0 aromatic rings. The van der Waals surface area contributed by atoms with Gasteiger partial charge < -0.3 is 0 Å². The van der Waals surface area contributed by atoms with Crippen molar-refractivity contribution in [3.63, 3.8) is 0 Å². The molecule has 40 heavy (non-hydrogen) atoms. The highest BCUT2D eigenvalue weighted by atomic mass is 14.1. The van der Waals surface area contributed by atoms with E-state index < -0.39 is 0 Å². The molecular weight excluding hydrogens is 480 g/mol. The molecule has 3 unspecified atom stereocenters. The van der Waals surface area contributed by atoms with Crippen molar-refractivity contribution in [2.24, 2.45) is 17.8 Å². The molecule has 0 aromatic carbocycles. The van der Waals surface area contributed by atoms with E-state index in [1.807, 2.05) is 0 Å². The molecule has 0 bridgehead atoms. The van der Waals surface area contributed by atoms with E-state index >= 15 is 0 Å². The molecule has 0 spiro atoms. The van der Waals surface area contributed by atoms with Crippen molar-refractivity contribution in [3.8, 4) is 0 Å². The van der Waals surface area contributed by atoms with E-state index in [9.17, 15) is 0 Å². The van der Waals surface area contributed by atoms with E-state index in [-0.39, 0.29) is 0 Å². The minimum Gasteiger partial charge on any atom is -0.0654 e. The van der Waals surface area contributed by atoms with Crippen LogP contribution in [0.5, 0.6) is 0 Å². The van der Waals surface area contributed by atoms with Crippen LogP contribution < -0.4 is 0 Å². The molecule has 0 rings (SSSR count). The van der Waals surface area contributed by atoms with Crippen LogP contribution in [0.4, 0.5) is 0 Å². The molecule has 0 heterocycles. The van der Waals surface area contributed by atoms with Crippen LogP contribution in [-0.4, -0.2) is 0 Å². The Morgan fingerprint density at radius 3 is 0.625 bits per heavy atom. The molecule has 0 radical (unpaired) electrons. The van der Waals surface area contributed by atoms with Gasteiger partial charge in [-0.15, -0.1) is 0 Å². The quantitative estimate of drug-likeness (QED) is 0.0684. The third-order valence-corrected chi connectivity index (χ3v) is 9.89. The van der Waals surface area contributed by atoms with Crippen molar-refractivity contribution in [1.82, 2.24) is 0 Å². The Labute approximate surface area is 257 Å². The summed E-state index contributed by atoms with van der Waals surface area (Å²) in [5.41, 5.74) is 0. The molecule has 0 amide bonds. The average Bonchev–Trinajstić information content (AvgIpc) is 2.94. The molecule has 242 valence electrons. The van der Waals surface area contributed by atoms with E-state index in [0.717, 1.165) is 17.8 Å². The standard InChI is InChI=1S/C40H82/c1-6-8-10-12-14-16-17-18-19-20-21-22-23-25-27-29-33-39(4)35-31-37-40(5)36-30-34-38(3)32-28-26-24-15-13-11-9-7-2/h38-40H,6-37H2,1-5H3. The fourth-order valence-corrected chi connectivity index (χ4v) is 6.73. The van der Waals surface area contributed by atoms with Crippen LogP contribution >= 0.6 is 0 Å². The van der Waals surface area contributed by atoms with Gasteiger partial charge in [-0.05, 0) is 17.8 Å². The summed E-state index contributed by atoms with van der Waals surface area (Å²) in [5.74, 6) is 2.84. The van der Waals surface area contributed by atoms with Crippen LogP contribution in [0.25, 0.3) is 0 Å². The monoisotopic (exact) mass is 563 g/mol. The Morgan fingerprint density at radius 2 is 0.400 bits per heavy atom. The molecular formula is C40H82. The van der Waals surface area contributed by atoms with Crippen LogP contribution in [-0.2, 0) is 0 Å². The summed E-state index contributed by atoms with van der Waals surface area (Å²) in [6, 6.07) is 0. The highest BCUT2D eigenvalue weighted by Crippen LogP contribution is 2.23. The van der Waals surface area contributed by atoms with Gasteiger partial charge in [0.2, 0.25) is 0 Å². The number of hydrogen-bond acceptors (Lipinski definition) is 0. The normalized spacial score (nSPS) is 14.0. The van der Waals surface area contributed by atoms with Gasteiger partial charge in [0.1, 0.15) is 0 Å². The highest BCUT2D eigenvalue weighted by Gasteiger charge is 2.08. The third-order valence-electron chi connectivity index (χ3n) is 9.89. The SMILES string of the molecule is CCCCCCCCCCCCCCCCCCC(C)CCCC(C)CCCC(C)CCCCCCCCCC. The lowest BCUT2D eigenvalue weighted by molar-refractivity contribution is 0.373. The van der Waals surface area contributed by atoms with Gasteiger partial charge in [0.15, 0.2) is 0 Å². The van der Waals surface area contributed by atoms with Gasteiger partial charge in [0.05, 0.1) is 0 Å². The second kappa shape index (κ2) is 33.5. The molecule has 0 fully saturated rings. The number of rotatable bonds is 34. The number of unbranched alkanes of at least 4 members (excludes halogenated alkanes) is 22.